The Morgan fingerprint density at radius 2 is 2.31 bits per heavy atom. The lowest BCUT2D eigenvalue weighted by Crippen LogP contribution is -1.81. The first-order chi connectivity index (χ1) is 6.40. The number of rotatable bonds is 2. The first-order valence-electron chi connectivity index (χ1n) is 3.81. The van der Waals surface area contributed by atoms with E-state index in [0.29, 0.717) is 5.89 Å². The molecule has 1 aromatic carbocycles. The predicted octanol–water partition coefficient (Wildman–Crippen LogP) is 2.63. The average molecular weight is 239 g/mol. The zero-order valence-corrected chi connectivity index (χ0v) is 8.36. The van der Waals surface area contributed by atoms with E-state index in [4.69, 9.17) is 4.42 Å². The fourth-order valence-corrected chi connectivity index (χ4v) is 1.44. The topological polar surface area (TPSA) is 38.9 Å². The maximum absolute atomic E-state index is 5.08. The highest BCUT2D eigenvalue weighted by Crippen LogP contribution is 2.18. The van der Waals surface area contributed by atoms with Crippen LogP contribution in [0.4, 0.5) is 0 Å². The predicted molar refractivity (Wildman–Crippen MR) is 52.4 cm³/mol. The van der Waals surface area contributed by atoms with Gasteiger partial charge in [0.25, 0.3) is 0 Å². The van der Waals surface area contributed by atoms with Crippen LogP contribution in [0.15, 0.2) is 35.1 Å². The lowest BCUT2D eigenvalue weighted by Gasteiger charge is -1.97. The Kier molecular flexibility index (Phi) is 2.40. The van der Waals surface area contributed by atoms with Crippen LogP contribution in [0.5, 0.6) is 0 Å². The van der Waals surface area contributed by atoms with Gasteiger partial charge in [0.05, 0.1) is 0 Å². The molecule has 0 aliphatic carbocycles. The van der Waals surface area contributed by atoms with Gasteiger partial charge in [0, 0.05) is 10.9 Å². The molecule has 2 aromatic rings. The molecule has 0 saturated heterocycles. The number of hydrogen-bond acceptors (Lipinski definition) is 3. The number of benzene rings is 1. The van der Waals surface area contributed by atoms with Crippen molar-refractivity contribution in [2.75, 3.05) is 0 Å². The molecule has 0 amide bonds. The normalized spacial score (nSPS) is 10.2. The van der Waals surface area contributed by atoms with Crippen LogP contribution >= 0.6 is 15.9 Å². The van der Waals surface area contributed by atoms with Crippen molar-refractivity contribution in [2.24, 2.45) is 0 Å². The fraction of sp³-hybridized carbons (Fsp3) is 0.111. The summed E-state index contributed by atoms with van der Waals surface area (Å²) in [5.74, 6) is 0.558. The number of halogens is 1. The third kappa shape index (κ3) is 1.78. The number of alkyl halides is 1. The number of hydrogen-bond donors (Lipinski definition) is 0. The second kappa shape index (κ2) is 3.70. The highest BCUT2D eigenvalue weighted by atomic mass is 79.9. The summed E-state index contributed by atoms with van der Waals surface area (Å²) in [6, 6.07) is 7.96. The molecule has 0 atom stereocenters. The maximum Gasteiger partial charge on any atom is 0.247 e. The standard InChI is InChI=1S/C9H7BrN2O/c10-5-7-2-1-3-8(4-7)9-12-11-6-13-9/h1-4,6H,5H2. The van der Waals surface area contributed by atoms with Gasteiger partial charge in [-0.1, -0.05) is 28.1 Å². The van der Waals surface area contributed by atoms with Crippen molar-refractivity contribution in [1.29, 1.82) is 0 Å². The molecule has 66 valence electrons. The number of nitrogens with zero attached hydrogens (tertiary/aromatic N) is 2. The summed E-state index contributed by atoms with van der Waals surface area (Å²) in [7, 11) is 0. The van der Waals surface area contributed by atoms with Crippen molar-refractivity contribution >= 4 is 15.9 Å². The van der Waals surface area contributed by atoms with Gasteiger partial charge in [0.1, 0.15) is 0 Å². The lowest BCUT2D eigenvalue weighted by molar-refractivity contribution is 0.568. The number of aromatic nitrogens is 2. The molecule has 0 radical (unpaired) electrons. The minimum atomic E-state index is 0.558. The molecule has 4 heteroatoms. The Hall–Kier alpha value is -1.16. The quantitative estimate of drug-likeness (QED) is 0.756. The van der Waals surface area contributed by atoms with Crippen molar-refractivity contribution in [1.82, 2.24) is 10.2 Å². The smallest absolute Gasteiger partial charge is 0.247 e. The molecule has 0 aliphatic rings. The summed E-state index contributed by atoms with van der Waals surface area (Å²) < 4.78 is 5.08. The first kappa shape index (κ1) is 8.44. The second-order valence-electron chi connectivity index (χ2n) is 2.58. The molecule has 3 nitrogen and oxygen atoms in total. The third-order valence-electron chi connectivity index (χ3n) is 1.69. The molecule has 0 saturated carbocycles. The monoisotopic (exact) mass is 238 g/mol. The molecule has 1 aromatic heterocycles. The van der Waals surface area contributed by atoms with Gasteiger partial charge >= 0.3 is 0 Å². The first-order valence-corrected chi connectivity index (χ1v) is 4.94. The highest BCUT2D eigenvalue weighted by molar-refractivity contribution is 9.08. The van der Waals surface area contributed by atoms with E-state index in [0.717, 1.165) is 10.9 Å². The van der Waals surface area contributed by atoms with Crippen molar-refractivity contribution in [3.63, 3.8) is 0 Å². The lowest BCUT2D eigenvalue weighted by atomic mass is 10.1. The molecule has 0 spiro atoms. The summed E-state index contributed by atoms with van der Waals surface area (Å²) in [5, 5.41) is 8.28. The second-order valence-corrected chi connectivity index (χ2v) is 3.14. The molecule has 0 N–H and O–H groups in total. The molecule has 0 fully saturated rings. The SMILES string of the molecule is BrCc1cccc(-c2nnco2)c1. The summed E-state index contributed by atoms with van der Waals surface area (Å²) in [4.78, 5) is 0. The van der Waals surface area contributed by atoms with Gasteiger partial charge in [-0.25, -0.2) is 0 Å². The van der Waals surface area contributed by atoms with Gasteiger partial charge < -0.3 is 4.42 Å². The van der Waals surface area contributed by atoms with Gasteiger partial charge in [0.15, 0.2) is 0 Å². The van der Waals surface area contributed by atoms with Gasteiger partial charge in [-0.3, -0.25) is 0 Å². The minimum absolute atomic E-state index is 0.558. The van der Waals surface area contributed by atoms with E-state index in [1.165, 1.54) is 12.0 Å². The average Bonchev–Trinajstić information content (AvgIpc) is 2.71. The fourth-order valence-electron chi connectivity index (χ4n) is 1.09. The molecular weight excluding hydrogens is 232 g/mol. The highest BCUT2D eigenvalue weighted by Gasteiger charge is 2.02. The summed E-state index contributed by atoms with van der Waals surface area (Å²) >= 11 is 3.39. The zero-order valence-electron chi connectivity index (χ0n) is 6.77. The summed E-state index contributed by atoms with van der Waals surface area (Å²) in [6.07, 6.45) is 1.33. The Balaban J connectivity index is 2.41. The molecule has 0 bridgehead atoms. The van der Waals surface area contributed by atoms with Crippen LogP contribution in [0.2, 0.25) is 0 Å². The van der Waals surface area contributed by atoms with Crippen LogP contribution in [-0.2, 0) is 5.33 Å². The van der Waals surface area contributed by atoms with E-state index >= 15 is 0 Å². The molecule has 0 unspecified atom stereocenters. The van der Waals surface area contributed by atoms with E-state index in [1.807, 2.05) is 24.3 Å². The van der Waals surface area contributed by atoms with E-state index in [1.54, 1.807) is 0 Å². The van der Waals surface area contributed by atoms with E-state index in [9.17, 15) is 0 Å². The van der Waals surface area contributed by atoms with Crippen molar-refractivity contribution in [3.8, 4) is 11.5 Å². The molecule has 1 heterocycles. The Labute approximate surface area is 83.9 Å². The Morgan fingerprint density at radius 3 is 3.00 bits per heavy atom. The molecule has 0 aliphatic heterocycles. The Bertz CT molecular complexity index is 386. The van der Waals surface area contributed by atoms with Crippen LogP contribution in [0.1, 0.15) is 5.56 Å². The molecule has 2 rings (SSSR count). The van der Waals surface area contributed by atoms with Gasteiger partial charge in [-0.05, 0) is 17.7 Å². The Morgan fingerprint density at radius 1 is 1.38 bits per heavy atom. The van der Waals surface area contributed by atoms with Crippen LogP contribution in [-0.4, -0.2) is 10.2 Å². The zero-order chi connectivity index (χ0) is 9.10. The van der Waals surface area contributed by atoms with E-state index in [2.05, 4.69) is 26.1 Å². The van der Waals surface area contributed by atoms with Crippen LogP contribution in [0.25, 0.3) is 11.5 Å². The van der Waals surface area contributed by atoms with Gasteiger partial charge in [-0.15, -0.1) is 10.2 Å². The van der Waals surface area contributed by atoms with Crippen molar-refractivity contribution in [3.05, 3.63) is 36.2 Å². The molecular formula is C9H7BrN2O. The van der Waals surface area contributed by atoms with E-state index < -0.39 is 0 Å². The summed E-state index contributed by atoms with van der Waals surface area (Å²) in [5.41, 5.74) is 2.14. The largest absolute Gasteiger partial charge is 0.423 e. The van der Waals surface area contributed by atoms with Crippen LogP contribution < -0.4 is 0 Å². The van der Waals surface area contributed by atoms with Crippen LogP contribution in [0, 0.1) is 0 Å². The van der Waals surface area contributed by atoms with Gasteiger partial charge in [-0.2, -0.15) is 0 Å². The molecule has 13 heavy (non-hydrogen) atoms. The van der Waals surface area contributed by atoms with Gasteiger partial charge in [0.2, 0.25) is 12.3 Å². The van der Waals surface area contributed by atoms with Crippen LogP contribution in [0.3, 0.4) is 0 Å². The summed E-state index contributed by atoms with van der Waals surface area (Å²) in [6.45, 7) is 0. The van der Waals surface area contributed by atoms with Crippen molar-refractivity contribution < 1.29 is 4.42 Å². The maximum atomic E-state index is 5.08. The third-order valence-corrected chi connectivity index (χ3v) is 2.34. The minimum Gasteiger partial charge on any atom is -0.423 e. The van der Waals surface area contributed by atoms with Crippen molar-refractivity contribution in [2.45, 2.75) is 5.33 Å². The van der Waals surface area contributed by atoms with E-state index in [-0.39, 0.29) is 0 Å².